The van der Waals surface area contributed by atoms with Crippen LogP contribution in [0.2, 0.25) is 0 Å². The lowest BCUT2D eigenvalue weighted by Gasteiger charge is -2.24. The highest BCUT2D eigenvalue weighted by atomic mass is 35.5. The van der Waals surface area contributed by atoms with E-state index in [2.05, 4.69) is 5.32 Å². The smallest absolute Gasteiger partial charge is 0.0569 e. The zero-order chi connectivity index (χ0) is 6.27. The molecule has 3 heteroatoms. The molecule has 0 radical (unpaired) electrons. The van der Waals surface area contributed by atoms with Crippen LogP contribution >= 0.6 is 0 Å². The molecule has 2 heterocycles. The molecule has 2 saturated heterocycles. The van der Waals surface area contributed by atoms with Crippen LogP contribution in [0.1, 0.15) is 25.7 Å². The molecular formula is C7H13ClNO-. The normalized spacial score (nSPS) is 44.7. The van der Waals surface area contributed by atoms with E-state index in [1.807, 2.05) is 0 Å². The SMILES string of the molecule is OC1CC2CCC(C1)N2.[Cl-]. The average molecular weight is 163 g/mol. The van der Waals surface area contributed by atoms with Crippen LogP contribution in [0.5, 0.6) is 0 Å². The standard InChI is InChI=1S/C7H13NO.ClH/c9-7-3-5-1-2-6(4-7)8-5;/h5-9H,1-4H2;1H/p-1. The second kappa shape index (κ2) is 3.07. The summed E-state index contributed by atoms with van der Waals surface area (Å²) in [5.74, 6) is 0. The van der Waals surface area contributed by atoms with Crippen LogP contribution in [-0.4, -0.2) is 23.3 Å². The highest BCUT2D eigenvalue weighted by Gasteiger charge is 2.31. The Labute approximate surface area is 67.4 Å². The molecule has 0 amide bonds. The van der Waals surface area contributed by atoms with Crippen molar-refractivity contribution in [2.24, 2.45) is 0 Å². The second-order valence-corrected chi connectivity index (χ2v) is 3.26. The minimum absolute atomic E-state index is 0. The van der Waals surface area contributed by atoms with Crippen LogP contribution in [0.4, 0.5) is 0 Å². The van der Waals surface area contributed by atoms with Crippen molar-refractivity contribution in [3.63, 3.8) is 0 Å². The maximum absolute atomic E-state index is 9.25. The highest BCUT2D eigenvalue weighted by Crippen LogP contribution is 2.26. The lowest BCUT2D eigenvalue weighted by molar-refractivity contribution is -0.00000589. The van der Waals surface area contributed by atoms with E-state index in [0.717, 1.165) is 12.8 Å². The summed E-state index contributed by atoms with van der Waals surface area (Å²) in [7, 11) is 0. The summed E-state index contributed by atoms with van der Waals surface area (Å²) < 4.78 is 0. The fourth-order valence-electron chi connectivity index (χ4n) is 2.03. The number of aliphatic hydroxyl groups excluding tert-OH is 1. The van der Waals surface area contributed by atoms with Crippen LogP contribution in [0, 0.1) is 0 Å². The molecule has 2 bridgehead atoms. The first-order chi connectivity index (χ1) is 4.34. The molecule has 60 valence electrons. The number of halogens is 1. The summed E-state index contributed by atoms with van der Waals surface area (Å²) in [6, 6.07) is 1.28. The van der Waals surface area contributed by atoms with Crippen LogP contribution in [0.15, 0.2) is 0 Å². The van der Waals surface area contributed by atoms with Crippen molar-refractivity contribution in [3.8, 4) is 0 Å². The van der Waals surface area contributed by atoms with Crippen LogP contribution in [-0.2, 0) is 0 Å². The van der Waals surface area contributed by atoms with Gasteiger partial charge in [-0.25, -0.2) is 0 Å². The van der Waals surface area contributed by atoms with Crippen molar-refractivity contribution >= 4 is 0 Å². The largest absolute Gasteiger partial charge is 1.00 e. The highest BCUT2D eigenvalue weighted by molar-refractivity contribution is 4.91. The van der Waals surface area contributed by atoms with Gasteiger partial charge in [-0.15, -0.1) is 0 Å². The summed E-state index contributed by atoms with van der Waals surface area (Å²) in [6.07, 6.45) is 4.51. The van der Waals surface area contributed by atoms with Crippen molar-refractivity contribution in [1.29, 1.82) is 0 Å². The van der Waals surface area contributed by atoms with Gasteiger partial charge < -0.3 is 22.8 Å². The molecule has 0 spiro atoms. The van der Waals surface area contributed by atoms with Crippen LogP contribution in [0.25, 0.3) is 0 Å². The minimum Gasteiger partial charge on any atom is -1.00 e. The predicted octanol–water partition coefficient (Wildman–Crippen LogP) is -2.73. The molecule has 2 nitrogen and oxygen atoms in total. The van der Waals surface area contributed by atoms with Gasteiger partial charge in [0.15, 0.2) is 0 Å². The van der Waals surface area contributed by atoms with Gasteiger partial charge in [0.1, 0.15) is 0 Å². The first kappa shape index (κ1) is 8.31. The van der Waals surface area contributed by atoms with E-state index in [-0.39, 0.29) is 18.5 Å². The third-order valence-corrected chi connectivity index (χ3v) is 2.45. The number of hydrogen-bond donors (Lipinski definition) is 2. The van der Waals surface area contributed by atoms with Gasteiger partial charge in [-0.1, -0.05) is 0 Å². The van der Waals surface area contributed by atoms with Crippen molar-refractivity contribution in [1.82, 2.24) is 5.32 Å². The Hall–Kier alpha value is 0.210. The first-order valence-electron chi connectivity index (χ1n) is 3.79. The van der Waals surface area contributed by atoms with E-state index in [9.17, 15) is 5.11 Å². The minimum atomic E-state index is -0.0104. The molecule has 0 aliphatic carbocycles. The fraction of sp³-hybridized carbons (Fsp3) is 1.00. The molecule has 2 atom stereocenters. The van der Waals surface area contributed by atoms with E-state index >= 15 is 0 Å². The average Bonchev–Trinajstić information content (AvgIpc) is 2.11. The molecule has 2 N–H and O–H groups in total. The van der Waals surface area contributed by atoms with E-state index in [0.29, 0.717) is 12.1 Å². The molecule has 0 aromatic carbocycles. The molecule has 0 aromatic heterocycles. The van der Waals surface area contributed by atoms with Crippen molar-refractivity contribution in [2.45, 2.75) is 43.9 Å². The van der Waals surface area contributed by atoms with Crippen molar-refractivity contribution in [3.05, 3.63) is 0 Å². The van der Waals surface area contributed by atoms with E-state index in [1.54, 1.807) is 0 Å². The Morgan fingerprint density at radius 3 is 2.10 bits per heavy atom. The predicted molar refractivity (Wildman–Crippen MR) is 35.2 cm³/mol. The van der Waals surface area contributed by atoms with Crippen molar-refractivity contribution < 1.29 is 17.5 Å². The van der Waals surface area contributed by atoms with Crippen LogP contribution < -0.4 is 17.7 Å². The zero-order valence-electron chi connectivity index (χ0n) is 5.89. The van der Waals surface area contributed by atoms with E-state index in [1.165, 1.54) is 12.8 Å². The summed E-state index contributed by atoms with van der Waals surface area (Å²) in [4.78, 5) is 0. The molecule has 0 saturated carbocycles. The van der Waals surface area contributed by atoms with Gasteiger partial charge in [0.05, 0.1) is 6.10 Å². The van der Waals surface area contributed by atoms with E-state index < -0.39 is 0 Å². The summed E-state index contributed by atoms with van der Waals surface area (Å²) >= 11 is 0. The quantitative estimate of drug-likeness (QED) is 0.406. The number of fused-ring (bicyclic) bond motifs is 2. The Balaban J connectivity index is 0.000000500. The molecular weight excluding hydrogens is 150 g/mol. The number of rotatable bonds is 0. The van der Waals surface area contributed by atoms with Crippen LogP contribution in [0.3, 0.4) is 0 Å². The first-order valence-corrected chi connectivity index (χ1v) is 3.79. The van der Waals surface area contributed by atoms with E-state index in [4.69, 9.17) is 0 Å². The molecule has 2 aliphatic heterocycles. The number of hydrogen-bond acceptors (Lipinski definition) is 2. The topological polar surface area (TPSA) is 32.3 Å². The van der Waals surface area contributed by atoms with Gasteiger partial charge >= 0.3 is 0 Å². The molecule has 10 heavy (non-hydrogen) atoms. The van der Waals surface area contributed by atoms with Gasteiger partial charge in [0.2, 0.25) is 0 Å². The van der Waals surface area contributed by atoms with Gasteiger partial charge in [-0.2, -0.15) is 0 Å². The van der Waals surface area contributed by atoms with Gasteiger partial charge in [0.25, 0.3) is 0 Å². The summed E-state index contributed by atoms with van der Waals surface area (Å²) in [6.45, 7) is 0. The zero-order valence-corrected chi connectivity index (χ0v) is 6.64. The Morgan fingerprint density at radius 2 is 1.60 bits per heavy atom. The molecule has 2 aliphatic rings. The molecule has 2 fully saturated rings. The van der Waals surface area contributed by atoms with Gasteiger partial charge in [-0.05, 0) is 25.7 Å². The van der Waals surface area contributed by atoms with Gasteiger partial charge in [0, 0.05) is 12.1 Å². The lowest BCUT2D eigenvalue weighted by atomic mass is 10.0. The maximum atomic E-state index is 9.25. The molecule has 0 aromatic rings. The second-order valence-electron chi connectivity index (χ2n) is 3.26. The monoisotopic (exact) mass is 162 g/mol. The third-order valence-electron chi connectivity index (χ3n) is 2.45. The van der Waals surface area contributed by atoms with Crippen molar-refractivity contribution in [2.75, 3.05) is 0 Å². The Bertz CT molecular complexity index is 108. The molecule has 2 rings (SSSR count). The lowest BCUT2D eigenvalue weighted by Crippen LogP contribution is -3.00. The number of piperidine rings is 1. The maximum Gasteiger partial charge on any atom is 0.0569 e. The summed E-state index contributed by atoms with van der Waals surface area (Å²) in [5, 5.41) is 12.7. The number of aliphatic hydroxyl groups is 1. The molecule has 2 unspecified atom stereocenters. The summed E-state index contributed by atoms with van der Waals surface area (Å²) in [5.41, 5.74) is 0. The fourth-order valence-corrected chi connectivity index (χ4v) is 2.03. The number of nitrogens with one attached hydrogen (secondary N) is 1. The van der Waals surface area contributed by atoms with Gasteiger partial charge in [-0.3, -0.25) is 0 Å². The third kappa shape index (κ3) is 1.44. The Morgan fingerprint density at radius 1 is 1.10 bits per heavy atom. The Kier molecular flexibility index (Phi) is 2.55.